The minimum Gasteiger partial charge on any atom is -0.497 e. The fourth-order valence-electron chi connectivity index (χ4n) is 2.36. The number of aliphatic hydroxyl groups is 1. The van der Waals surface area contributed by atoms with Crippen LogP contribution in [0.3, 0.4) is 0 Å². The van der Waals surface area contributed by atoms with Crippen molar-refractivity contribution in [2.45, 2.75) is 12.5 Å². The quantitative estimate of drug-likeness (QED) is 0.794. The molecule has 24 heavy (non-hydrogen) atoms. The second kappa shape index (κ2) is 8.28. The number of likely N-dealkylation sites (N-methyl/N-ethyl adjacent to an activating group) is 1. The number of ether oxygens (including phenoxy) is 1. The third-order valence-electron chi connectivity index (χ3n) is 3.87. The standard InChI is InChI=1S/C18H23NO4S/c1-19(14-18(20)16-9-6-10-17(13-16)23-2)24(21,22)12-11-15-7-4-3-5-8-15/h3-10,13,18,20H,11-12,14H2,1-2H3. The van der Waals surface area contributed by atoms with E-state index in [4.69, 9.17) is 4.74 Å². The molecule has 0 heterocycles. The first-order valence-corrected chi connectivity index (χ1v) is 9.33. The Hall–Kier alpha value is -1.89. The maximum atomic E-state index is 12.4. The number of aryl methyl sites for hydroxylation is 1. The van der Waals surface area contributed by atoms with Gasteiger partial charge >= 0.3 is 0 Å². The lowest BCUT2D eigenvalue weighted by atomic mass is 10.1. The Balaban J connectivity index is 1.97. The summed E-state index contributed by atoms with van der Waals surface area (Å²) in [5.74, 6) is 0.638. The van der Waals surface area contributed by atoms with E-state index in [9.17, 15) is 13.5 Å². The zero-order chi connectivity index (χ0) is 17.6. The summed E-state index contributed by atoms with van der Waals surface area (Å²) in [4.78, 5) is 0. The van der Waals surface area contributed by atoms with E-state index < -0.39 is 16.1 Å². The van der Waals surface area contributed by atoms with Crippen LogP contribution in [0, 0.1) is 0 Å². The smallest absolute Gasteiger partial charge is 0.214 e. The molecule has 0 aromatic heterocycles. The fraction of sp³-hybridized carbons (Fsp3) is 0.333. The van der Waals surface area contributed by atoms with Crippen molar-refractivity contribution in [2.24, 2.45) is 0 Å². The molecule has 2 aromatic rings. The van der Waals surface area contributed by atoms with Crippen LogP contribution < -0.4 is 4.74 Å². The molecule has 0 aliphatic heterocycles. The summed E-state index contributed by atoms with van der Waals surface area (Å²) in [6.07, 6.45) is -0.459. The Labute approximate surface area is 143 Å². The third kappa shape index (κ3) is 5.06. The van der Waals surface area contributed by atoms with Crippen molar-refractivity contribution in [3.63, 3.8) is 0 Å². The Morgan fingerprint density at radius 1 is 1.12 bits per heavy atom. The van der Waals surface area contributed by atoms with Gasteiger partial charge in [0.05, 0.1) is 19.0 Å². The van der Waals surface area contributed by atoms with Crippen LogP contribution in [0.5, 0.6) is 5.75 Å². The van der Waals surface area contributed by atoms with Crippen LogP contribution in [0.4, 0.5) is 0 Å². The molecule has 1 atom stereocenters. The van der Waals surface area contributed by atoms with Gasteiger partial charge in [-0.3, -0.25) is 0 Å². The van der Waals surface area contributed by atoms with E-state index in [2.05, 4.69) is 0 Å². The molecular weight excluding hydrogens is 326 g/mol. The first-order valence-electron chi connectivity index (χ1n) is 7.72. The van der Waals surface area contributed by atoms with Crippen LogP contribution >= 0.6 is 0 Å². The van der Waals surface area contributed by atoms with E-state index in [-0.39, 0.29) is 12.3 Å². The molecule has 0 saturated heterocycles. The van der Waals surface area contributed by atoms with Crippen LogP contribution in [-0.2, 0) is 16.4 Å². The molecule has 1 N–H and O–H groups in total. The topological polar surface area (TPSA) is 66.8 Å². The zero-order valence-corrected chi connectivity index (χ0v) is 14.7. The van der Waals surface area contributed by atoms with Crippen molar-refractivity contribution >= 4 is 10.0 Å². The van der Waals surface area contributed by atoms with E-state index in [0.29, 0.717) is 17.7 Å². The second-order valence-electron chi connectivity index (χ2n) is 5.62. The average molecular weight is 349 g/mol. The lowest BCUT2D eigenvalue weighted by molar-refractivity contribution is 0.154. The van der Waals surface area contributed by atoms with Gasteiger partial charge in [0.25, 0.3) is 0 Å². The molecule has 0 aliphatic carbocycles. The van der Waals surface area contributed by atoms with Crippen molar-refractivity contribution < 1.29 is 18.3 Å². The molecule has 130 valence electrons. The summed E-state index contributed by atoms with van der Waals surface area (Å²) >= 11 is 0. The van der Waals surface area contributed by atoms with Crippen molar-refractivity contribution in [3.05, 3.63) is 65.7 Å². The minimum atomic E-state index is -3.44. The minimum absolute atomic E-state index is 0.00426. The van der Waals surface area contributed by atoms with E-state index in [1.807, 2.05) is 30.3 Å². The van der Waals surface area contributed by atoms with Crippen LogP contribution in [0.15, 0.2) is 54.6 Å². The summed E-state index contributed by atoms with van der Waals surface area (Å²) in [5, 5.41) is 10.3. The Kier molecular flexibility index (Phi) is 6.36. The van der Waals surface area contributed by atoms with Crippen LogP contribution in [0.1, 0.15) is 17.2 Å². The van der Waals surface area contributed by atoms with Gasteiger partial charge in [-0.2, -0.15) is 0 Å². The summed E-state index contributed by atoms with van der Waals surface area (Å²) in [6, 6.07) is 16.5. The fourth-order valence-corrected chi connectivity index (χ4v) is 3.53. The molecule has 0 fully saturated rings. The Morgan fingerprint density at radius 3 is 2.50 bits per heavy atom. The van der Waals surface area contributed by atoms with Gasteiger partial charge in [-0.25, -0.2) is 12.7 Å². The second-order valence-corrected chi connectivity index (χ2v) is 7.82. The van der Waals surface area contributed by atoms with Crippen molar-refractivity contribution in [1.82, 2.24) is 4.31 Å². The SMILES string of the molecule is COc1cccc(C(O)CN(C)S(=O)(=O)CCc2ccccc2)c1. The first kappa shape index (κ1) is 18.4. The van der Waals surface area contributed by atoms with Crippen LogP contribution in [-0.4, -0.2) is 44.3 Å². The molecule has 0 radical (unpaired) electrons. The van der Waals surface area contributed by atoms with E-state index in [1.54, 1.807) is 31.4 Å². The molecule has 0 bridgehead atoms. The molecule has 0 amide bonds. The molecule has 6 heteroatoms. The van der Waals surface area contributed by atoms with Crippen LogP contribution in [0.25, 0.3) is 0 Å². The van der Waals surface area contributed by atoms with Gasteiger partial charge in [-0.05, 0) is 29.7 Å². The van der Waals surface area contributed by atoms with E-state index >= 15 is 0 Å². The highest BCUT2D eigenvalue weighted by molar-refractivity contribution is 7.89. The molecule has 5 nitrogen and oxygen atoms in total. The maximum absolute atomic E-state index is 12.4. The van der Waals surface area contributed by atoms with Crippen LogP contribution in [0.2, 0.25) is 0 Å². The highest BCUT2D eigenvalue weighted by atomic mass is 32.2. The summed E-state index contributed by atoms with van der Waals surface area (Å²) < 4.78 is 31.1. The predicted molar refractivity (Wildman–Crippen MR) is 94.5 cm³/mol. The van der Waals surface area contributed by atoms with Gasteiger partial charge in [0, 0.05) is 13.6 Å². The molecule has 1 unspecified atom stereocenters. The summed E-state index contributed by atoms with van der Waals surface area (Å²) in [7, 11) is -0.398. The monoisotopic (exact) mass is 349 g/mol. The largest absolute Gasteiger partial charge is 0.497 e. The third-order valence-corrected chi connectivity index (χ3v) is 5.69. The van der Waals surface area contributed by atoms with E-state index in [0.717, 1.165) is 5.56 Å². The van der Waals surface area contributed by atoms with Gasteiger partial charge in [0.15, 0.2) is 0 Å². The predicted octanol–water partition coefficient (Wildman–Crippen LogP) is 2.23. The Bertz CT molecular complexity index is 747. The number of rotatable bonds is 8. The number of hydrogen-bond acceptors (Lipinski definition) is 4. The molecule has 0 saturated carbocycles. The van der Waals surface area contributed by atoms with Crippen molar-refractivity contribution in [2.75, 3.05) is 26.5 Å². The lowest BCUT2D eigenvalue weighted by Crippen LogP contribution is -2.33. The zero-order valence-electron chi connectivity index (χ0n) is 13.9. The van der Waals surface area contributed by atoms with Crippen molar-refractivity contribution in [1.29, 1.82) is 0 Å². The lowest BCUT2D eigenvalue weighted by Gasteiger charge is -2.21. The molecular formula is C18H23NO4S. The number of benzene rings is 2. The number of hydrogen-bond donors (Lipinski definition) is 1. The van der Waals surface area contributed by atoms with Gasteiger partial charge in [-0.15, -0.1) is 0 Å². The van der Waals surface area contributed by atoms with Gasteiger partial charge < -0.3 is 9.84 Å². The summed E-state index contributed by atoms with van der Waals surface area (Å²) in [5.41, 5.74) is 1.60. The van der Waals surface area contributed by atoms with Gasteiger partial charge in [0.1, 0.15) is 5.75 Å². The first-order chi connectivity index (χ1) is 11.4. The number of aliphatic hydroxyl groups excluding tert-OH is 1. The molecule has 2 aromatic carbocycles. The molecule has 0 spiro atoms. The highest BCUT2D eigenvalue weighted by Gasteiger charge is 2.21. The number of methoxy groups -OCH3 is 1. The van der Waals surface area contributed by atoms with Crippen molar-refractivity contribution in [3.8, 4) is 5.75 Å². The average Bonchev–Trinajstić information content (AvgIpc) is 2.61. The molecule has 0 aliphatic rings. The highest BCUT2D eigenvalue weighted by Crippen LogP contribution is 2.20. The normalized spacial score (nSPS) is 13.0. The van der Waals surface area contributed by atoms with Gasteiger partial charge in [-0.1, -0.05) is 42.5 Å². The summed E-state index contributed by atoms with van der Waals surface area (Å²) in [6.45, 7) is 0.00426. The number of nitrogens with zero attached hydrogens (tertiary/aromatic N) is 1. The van der Waals surface area contributed by atoms with E-state index in [1.165, 1.54) is 11.4 Å². The maximum Gasteiger partial charge on any atom is 0.214 e. The Morgan fingerprint density at radius 2 is 1.83 bits per heavy atom. The molecule has 2 rings (SSSR count). The van der Waals surface area contributed by atoms with Gasteiger partial charge in [0.2, 0.25) is 10.0 Å². The number of sulfonamides is 1.